The van der Waals surface area contributed by atoms with Crippen molar-refractivity contribution in [1.29, 1.82) is 0 Å². The van der Waals surface area contributed by atoms with Crippen LogP contribution in [-0.4, -0.2) is 11.8 Å². The molecule has 0 unspecified atom stereocenters. The molecule has 1 aliphatic carbocycles. The van der Waals surface area contributed by atoms with Gasteiger partial charge in [0.15, 0.2) is 5.78 Å². The van der Waals surface area contributed by atoms with Crippen LogP contribution in [0.4, 0.5) is 0 Å². The predicted molar refractivity (Wildman–Crippen MR) is 87.6 cm³/mol. The van der Waals surface area contributed by atoms with Gasteiger partial charge < -0.3 is 4.74 Å². The molecule has 0 spiro atoms. The lowest BCUT2D eigenvalue weighted by Crippen LogP contribution is -1.98. The molecule has 0 saturated heterocycles. The lowest BCUT2D eigenvalue weighted by Gasteiger charge is -2.00. The summed E-state index contributed by atoms with van der Waals surface area (Å²) in [5.74, 6) is -0.0223. The summed E-state index contributed by atoms with van der Waals surface area (Å²) in [5.41, 5.74) is 4.85. The molecule has 0 aromatic heterocycles. The number of rotatable bonds is 1. The van der Waals surface area contributed by atoms with E-state index in [1.165, 1.54) is 5.56 Å². The number of hydrogen-bond donors (Lipinski definition) is 0. The number of fused-ring (bicyclic) bond motifs is 1. The van der Waals surface area contributed by atoms with Crippen LogP contribution in [0.15, 0.2) is 60.2 Å². The van der Waals surface area contributed by atoms with E-state index in [9.17, 15) is 9.59 Å². The van der Waals surface area contributed by atoms with Crippen LogP contribution < -0.4 is 0 Å². The molecule has 112 valence electrons. The number of carbonyl (C=O) groups is 2. The fourth-order valence-corrected chi connectivity index (χ4v) is 2.98. The topological polar surface area (TPSA) is 43.4 Å². The fourth-order valence-electron chi connectivity index (χ4n) is 2.98. The van der Waals surface area contributed by atoms with Gasteiger partial charge in [-0.05, 0) is 30.2 Å². The van der Waals surface area contributed by atoms with Crippen molar-refractivity contribution in [2.75, 3.05) is 0 Å². The smallest absolute Gasteiger partial charge is 0.344 e. The van der Waals surface area contributed by atoms with E-state index in [2.05, 4.69) is 0 Å². The first-order valence-electron chi connectivity index (χ1n) is 7.50. The summed E-state index contributed by atoms with van der Waals surface area (Å²) in [6, 6.07) is 15.2. The molecule has 3 heteroatoms. The van der Waals surface area contributed by atoms with Crippen molar-refractivity contribution in [3.8, 4) is 0 Å². The van der Waals surface area contributed by atoms with Crippen molar-refractivity contribution < 1.29 is 14.3 Å². The van der Waals surface area contributed by atoms with E-state index >= 15 is 0 Å². The van der Waals surface area contributed by atoms with Gasteiger partial charge in [-0.15, -0.1) is 0 Å². The van der Waals surface area contributed by atoms with Gasteiger partial charge in [0.1, 0.15) is 5.76 Å². The molecule has 4 rings (SSSR count). The normalized spacial score (nSPS) is 19.6. The van der Waals surface area contributed by atoms with Gasteiger partial charge in [0.25, 0.3) is 0 Å². The highest BCUT2D eigenvalue weighted by atomic mass is 16.5. The molecule has 0 N–H and O–H groups in total. The minimum atomic E-state index is -0.395. The molecule has 23 heavy (non-hydrogen) atoms. The zero-order valence-corrected chi connectivity index (χ0v) is 12.6. The third-order valence-electron chi connectivity index (χ3n) is 4.22. The van der Waals surface area contributed by atoms with E-state index in [1.807, 2.05) is 49.4 Å². The summed E-state index contributed by atoms with van der Waals surface area (Å²) in [5, 5.41) is 0. The molecule has 2 aromatic rings. The Morgan fingerprint density at radius 3 is 2.35 bits per heavy atom. The molecule has 1 aliphatic heterocycles. The molecule has 0 amide bonds. The van der Waals surface area contributed by atoms with E-state index in [-0.39, 0.29) is 5.78 Å². The third-order valence-corrected chi connectivity index (χ3v) is 4.22. The number of cyclic esters (lactones) is 1. The summed E-state index contributed by atoms with van der Waals surface area (Å²) in [7, 11) is 0. The van der Waals surface area contributed by atoms with Gasteiger partial charge in [-0.25, -0.2) is 4.79 Å². The van der Waals surface area contributed by atoms with Crippen molar-refractivity contribution >= 4 is 23.1 Å². The van der Waals surface area contributed by atoms with Gasteiger partial charge in [0.2, 0.25) is 0 Å². The van der Waals surface area contributed by atoms with Crippen LogP contribution in [-0.2, 0) is 9.53 Å². The van der Waals surface area contributed by atoms with Gasteiger partial charge in [0, 0.05) is 12.0 Å². The number of esters is 1. The number of aryl methyl sites for hydroxylation is 1. The lowest BCUT2D eigenvalue weighted by molar-refractivity contribution is -0.114. The Hall–Kier alpha value is -2.94. The Morgan fingerprint density at radius 2 is 1.61 bits per heavy atom. The van der Waals surface area contributed by atoms with Gasteiger partial charge in [-0.1, -0.05) is 48.0 Å². The molecule has 3 nitrogen and oxygen atoms in total. The number of ether oxygens (including phenoxy) is 1. The van der Waals surface area contributed by atoms with E-state index in [0.717, 1.165) is 11.1 Å². The van der Waals surface area contributed by atoms with Crippen molar-refractivity contribution in [2.45, 2.75) is 13.3 Å². The average molecular weight is 302 g/mol. The second kappa shape index (κ2) is 5.06. The number of ketones is 1. The molecule has 2 aliphatic rings. The number of allylic oxidation sites excluding steroid dienone is 3. The summed E-state index contributed by atoms with van der Waals surface area (Å²) in [6.07, 6.45) is 2.18. The molecule has 0 atom stereocenters. The number of hydrogen-bond acceptors (Lipinski definition) is 3. The number of carbonyl (C=O) groups excluding carboxylic acids is 2. The fraction of sp³-hybridized carbons (Fsp3) is 0.100. The van der Waals surface area contributed by atoms with E-state index in [4.69, 9.17) is 4.74 Å². The average Bonchev–Trinajstić information content (AvgIpc) is 3.09. The molecular formula is C20H14O3. The largest absolute Gasteiger partial charge is 0.421 e. The quantitative estimate of drug-likeness (QED) is 0.592. The predicted octanol–water partition coefficient (Wildman–Crippen LogP) is 3.93. The van der Waals surface area contributed by atoms with Crippen molar-refractivity contribution in [3.05, 3.63) is 82.4 Å². The SMILES string of the molecule is Cc1ccc(C2=C/C(=C3\OC(=O)c4ccccc43)C(=O)C2)cc1. The second-order valence-electron chi connectivity index (χ2n) is 5.81. The van der Waals surface area contributed by atoms with Crippen LogP contribution in [0.25, 0.3) is 11.3 Å². The third kappa shape index (κ3) is 2.21. The second-order valence-corrected chi connectivity index (χ2v) is 5.81. The molecule has 0 radical (unpaired) electrons. The Balaban J connectivity index is 1.82. The maximum absolute atomic E-state index is 12.4. The van der Waals surface area contributed by atoms with Crippen LogP contribution in [0.5, 0.6) is 0 Å². The Bertz CT molecular complexity index is 899. The van der Waals surface area contributed by atoms with E-state index in [1.54, 1.807) is 12.1 Å². The first-order chi connectivity index (χ1) is 11.1. The number of benzene rings is 2. The van der Waals surface area contributed by atoms with Gasteiger partial charge in [0.05, 0.1) is 11.1 Å². The number of Topliss-reactive ketones (excluding diaryl/α,β-unsaturated/α-hetero) is 1. The van der Waals surface area contributed by atoms with Crippen LogP contribution >= 0.6 is 0 Å². The first-order valence-corrected chi connectivity index (χ1v) is 7.50. The molecule has 0 fully saturated rings. The highest BCUT2D eigenvalue weighted by Crippen LogP contribution is 2.38. The monoisotopic (exact) mass is 302 g/mol. The van der Waals surface area contributed by atoms with Crippen molar-refractivity contribution in [1.82, 2.24) is 0 Å². The summed E-state index contributed by atoms with van der Waals surface area (Å²) < 4.78 is 5.36. The van der Waals surface area contributed by atoms with Crippen molar-refractivity contribution in [2.24, 2.45) is 0 Å². The van der Waals surface area contributed by atoms with Gasteiger partial charge >= 0.3 is 5.97 Å². The molecule has 0 saturated carbocycles. The first kappa shape index (κ1) is 13.7. The Morgan fingerprint density at radius 1 is 0.913 bits per heavy atom. The highest BCUT2D eigenvalue weighted by Gasteiger charge is 2.32. The van der Waals surface area contributed by atoms with Crippen LogP contribution in [0.1, 0.15) is 33.5 Å². The van der Waals surface area contributed by atoms with Crippen molar-refractivity contribution in [3.63, 3.8) is 0 Å². The summed E-state index contributed by atoms with van der Waals surface area (Å²) in [6.45, 7) is 2.03. The zero-order chi connectivity index (χ0) is 16.0. The Kier molecular flexibility index (Phi) is 3.01. The molecule has 1 heterocycles. The van der Waals surface area contributed by atoms with E-state index in [0.29, 0.717) is 28.9 Å². The minimum Gasteiger partial charge on any atom is -0.421 e. The van der Waals surface area contributed by atoms with Crippen LogP contribution in [0.3, 0.4) is 0 Å². The molecule has 2 aromatic carbocycles. The maximum atomic E-state index is 12.4. The van der Waals surface area contributed by atoms with Gasteiger partial charge in [-0.2, -0.15) is 0 Å². The van der Waals surface area contributed by atoms with Crippen LogP contribution in [0.2, 0.25) is 0 Å². The maximum Gasteiger partial charge on any atom is 0.344 e. The lowest BCUT2D eigenvalue weighted by atomic mass is 10.0. The standard InChI is InChI=1S/C20H14O3/c1-12-6-8-13(9-7-12)14-10-17(18(21)11-14)19-15-4-2-3-5-16(15)20(22)23-19/h2-10H,11H2,1H3/b19-17+. The highest BCUT2D eigenvalue weighted by molar-refractivity contribution is 6.17. The molecular weight excluding hydrogens is 288 g/mol. The summed E-state index contributed by atoms with van der Waals surface area (Å²) >= 11 is 0. The Labute approximate surface area is 133 Å². The van der Waals surface area contributed by atoms with E-state index < -0.39 is 5.97 Å². The van der Waals surface area contributed by atoms with Crippen LogP contribution in [0, 0.1) is 6.92 Å². The minimum absolute atomic E-state index is 0.0138. The molecule has 0 bridgehead atoms. The zero-order valence-electron chi connectivity index (χ0n) is 12.6. The summed E-state index contributed by atoms with van der Waals surface area (Å²) in [4.78, 5) is 24.4. The van der Waals surface area contributed by atoms with Gasteiger partial charge in [-0.3, -0.25) is 4.79 Å².